The third kappa shape index (κ3) is 2.49. The van der Waals surface area contributed by atoms with Gasteiger partial charge in [0.25, 0.3) is 0 Å². The van der Waals surface area contributed by atoms with E-state index in [1.165, 1.54) is 20.2 Å². The average Bonchev–Trinajstić information content (AvgIpc) is 2.77. The van der Waals surface area contributed by atoms with Gasteiger partial charge in [0.05, 0.1) is 0 Å². The molecule has 0 nitrogen and oxygen atoms in total. The zero-order valence-electron chi connectivity index (χ0n) is 9.81. The summed E-state index contributed by atoms with van der Waals surface area (Å²) in [6.45, 7) is 1.94. The topological polar surface area (TPSA) is 0 Å². The summed E-state index contributed by atoms with van der Waals surface area (Å²) in [4.78, 5) is 0. The summed E-state index contributed by atoms with van der Waals surface area (Å²) in [5.74, 6) is 2.43. The number of rotatable bonds is 0. The Morgan fingerprint density at radius 2 is 1.35 bits per heavy atom. The minimum atomic E-state index is 0.847. The molecule has 0 unspecified atom stereocenters. The predicted octanol–water partition coefficient (Wildman–Crippen LogP) is 5.08. The second-order valence-electron chi connectivity index (χ2n) is 3.65. The molecule has 17 heavy (non-hydrogen) atoms. The molecule has 0 aliphatic heterocycles. The molecular weight excluding hydrogens is 224 g/mol. The summed E-state index contributed by atoms with van der Waals surface area (Å²) in [5, 5.41) is 2.76. The van der Waals surface area contributed by atoms with Crippen molar-refractivity contribution in [2.24, 2.45) is 0 Å². The van der Waals surface area contributed by atoms with Gasteiger partial charge in [0.2, 0.25) is 0 Å². The first kappa shape index (κ1) is 11.7. The fourth-order valence-corrected chi connectivity index (χ4v) is 2.78. The second kappa shape index (κ2) is 5.52. The first-order valence-corrected chi connectivity index (χ1v) is 6.48. The Balaban J connectivity index is 0.000000239. The third-order valence-electron chi connectivity index (χ3n) is 2.49. The van der Waals surface area contributed by atoms with Crippen molar-refractivity contribution in [1.29, 1.82) is 0 Å². The van der Waals surface area contributed by atoms with E-state index < -0.39 is 0 Å². The molecule has 3 aromatic rings. The van der Waals surface area contributed by atoms with Crippen molar-refractivity contribution in [3.63, 3.8) is 0 Å². The second-order valence-corrected chi connectivity index (χ2v) is 4.74. The van der Waals surface area contributed by atoms with Crippen LogP contribution in [0, 0.1) is 12.3 Å². The molecule has 3 rings (SSSR count). The maximum Gasteiger partial charge on any atom is 0.0355 e. The van der Waals surface area contributed by atoms with Gasteiger partial charge in [-0.1, -0.05) is 43.3 Å². The maximum atomic E-state index is 4.78. The van der Waals surface area contributed by atoms with Crippen LogP contribution in [0.25, 0.3) is 20.2 Å². The lowest BCUT2D eigenvalue weighted by molar-refractivity contribution is 1.28. The van der Waals surface area contributed by atoms with Gasteiger partial charge in [0.1, 0.15) is 0 Å². The molecule has 0 spiro atoms. The Labute approximate surface area is 106 Å². The van der Waals surface area contributed by atoms with E-state index in [9.17, 15) is 0 Å². The number of fused-ring (bicyclic) bond motifs is 3. The zero-order chi connectivity index (χ0) is 12.1. The van der Waals surface area contributed by atoms with Crippen molar-refractivity contribution >= 4 is 31.5 Å². The highest BCUT2D eigenvalue weighted by molar-refractivity contribution is 7.25. The van der Waals surface area contributed by atoms with E-state index in [4.69, 9.17) is 6.42 Å². The van der Waals surface area contributed by atoms with Gasteiger partial charge in [-0.3, -0.25) is 0 Å². The largest absolute Gasteiger partial charge is 0.135 e. The molecule has 0 amide bonds. The highest BCUT2D eigenvalue weighted by Crippen LogP contribution is 2.32. The smallest absolute Gasteiger partial charge is 0.0355 e. The van der Waals surface area contributed by atoms with Crippen LogP contribution in [-0.4, -0.2) is 0 Å². The fraction of sp³-hybridized carbons (Fsp3) is 0.125. The van der Waals surface area contributed by atoms with Crippen LogP contribution in [0.1, 0.15) is 13.3 Å². The predicted molar refractivity (Wildman–Crippen MR) is 78.5 cm³/mol. The summed E-state index contributed by atoms with van der Waals surface area (Å²) in [6.07, 6.45) is 5.62. The van der Waals surface area contributed by atoms with Crippen molar-refractivity contribution < 1.29 is 0 Å². The van der Waals surface area contributed by atoms with Gasteiger partial charge in [-0.15, -0.1) is 23.7 Å². The summed E-state index contributed by atoms with van der Waals surface area (Å²) in [5.41, 5.74) is 0. The van der Waals surface area contributed by atoms with Gasteiger partial charge in [-0.05, 0) is 12.1 Å². The summed E-state index contributed by atoms with van der Waals surface area (Å²) in [6, 6.07) is 17.1. The molecule has 0 aliphatic rings. The maximum absolute atomic E-state index is 4.78. The van der Waals surface area contributed by atoms with Gasteiger partial charge in [0.15, 0.2) is 0 Å². The fourth-order valence-electron chi connectivity index (χ4n) is 1.67. The van der Waals surface area contributed by atoms with E-state index in [1.807, 2.05) is 18.3 Å². The third-order valence-corrected chi connectivity index (χ3v) is 3.64. The van der Waals surface area contributed by atoms with E-state index in [-0.39, 0.29) is 0 Å². The molecule has 0 saturated heterocycles. The van der Waals surface area contributed by atoms with Gasteiger partial charge in [-0.25, -0.2) is 0 Å². The van der Waals surface area contributed by atoms with E-state index in [1.54, 1.807) is 0 Å². The SMILES string of the molecule is C#CCC.c1ccc2c(c1)sc1ccccc12. The van der Waals surface area contributed by atoms with Gasteiger partial charge >= 0.3 is 0 Å². The van der Waals surface area contributed by atoms with Gasteiger partial charge in [0, 0.05) is 26.6 Å². The van der Waals surface area contributed by atoms with E-state index in [2.05, 4.69) is 54.5 Å². The first-order chi connectivity index (χ1) is 8.36. The summed E-state index contributed by atoms with van der Waals surface area (Å²) >= 11 is 1.86. The van der Waals surface area contributed by atoms with Crippen LogP contribution in [0.3, 0.4) is 0 Å². The molecular formula is C16H14S. The highest BCUT2D eigenvalue weighted by atomic mass is 32.1. The number of benzene rings is 2. The minimum absolute atomic E-state index is 0.847. The summed E-state index contributed by atoms with van der Waals surface area (Å²) < 4.78 is 2.76. The average molecular weight is 238 g/mol. The van der Waals surface area contributed by atoms with Crippen LogP contribution in [0.5, 0.6) is 0 Å². The van der Waals surface area contributed by atoms with Crippen LogP contribution in [-0.2, 0) is 0 Å². The molecule has 0 saturated carbocycles. The van der Waals surface area contributed by atoms with Crippen LogP contribution >= 0.6 is 11.3 Å². The van der Waals surface area contributed by atoms with Gasteiger partial charge in [-0.2, -0.15) is 0 Å². The van der Waals surface area contributed by atoms with Gasteiger partial charge < -0.3 is 0 Å². The van der Waals surface area contributed by atoms with Crippen molar-refractivity contribution in [2.75, 3.05) is 0 Å². The Kier molecular flexibility index (Phi) is 3.80. The Bertz CT molecular complexity index is 605. The van der Waals surface area contributed by atoms with Crippen molar-refractivity contribution in [3.05, 3.63) is 48.5 Å². The van der Waals surface area contributed by atoms with Crippen molar-refractivity contribution in [3.8, 4) is 12.3 Å². The monoisotopic (exact) mass is 238 g/mol. The molecule has 84 valence electrons. The molecule has 0 bridgehead atoms. The number of hydrogen-bond acceptors (Lipinski definition) is 1. The quantitative estimate of drug-likeness (QED) is 0.479. The molecule has 0 atom stereocenters. The van der Waals surface area contributed by atoms with Crippen molar-refractivity contribution in [2.45, 2.75) is 13.3 Å². The Morgan fingerprint density at radius 3 is 1.76 bits per heavy atom. The van der Waals surface area contributed by atoms with Crippen LogP contribution < -0.4 is 0 Å². The molecule has 1 heteroatoms. The lowest BCUT2D eigenvalue weighted by atomic mass is 10.2. The summed E-state index contributed by atoms with van der Waals surface area (Å²) in [7, 11) is 0. The number of terminal acetylenes is 1. The standard InChI is InChI=1S/C12H8S.C4H6/c1-3-7-11-9(5-1)10-6-2-4-8-12(10)13-11;1-3-4-2/h1-8H;1H,4H2,2H3. The van der Waals surface area contributed by atoms with Crippen molar-refractivity contribution in [1.82, 2.24) is 0 Å². The van der Waals surface area contributed by atoms with E-state index in [0.29, 0.717) is 0 Å². The van der Waals surface area contributed by atoms with Crippen LogP contribution in [0.2, 0.25) is 0 Å². The molecule has 1 heterocycles. The van der Waals surface area contributed by atoms with E-state index >= 15 is 0 Å². The molecule has 2 aromatic carbocycles. The molecule has 0 aliphatic carbocycles. The highest BCUT2D eigenvalue weighted by Gasteiger charge is 2.01. The van der Waals surface area contributed by atoms with Crippen LogP contribution in [0.15, 0.2) is 48.5 Å². The molecule has 1 aromatic heterocycles. The Morgan fingerprint density at radius 1 is 0.941 bits per heavy atom. The molecule has 0 fully saturated rings. The molecule has 0 N–H and O–H groups in total. The zero-order valence-corrected chi connectivity index (χ0v) is 10.6. The van der Waals surface area contributed by atoms with Crippen LogP contribution in [0.4, 0.5) is 0 Å². The lowest BCUT2D eigenvalue weighted by Crippen LogP contribution is -1.62. The molecule has 0 radical (unpaired) electrons. The first-order valence-electron chi connectivity index (χ1n) is 5.66. The number of thiophene rings is 1. The normalized spacial score (nSPS) is 9.65. The lowest BCUT2D eigenvalue weighted by Gasteiger charge is -1.88. The number of hydrogen-bond donors (Lipinski definition) is 0. The minimum Gasteiger partial charge on any atom is -0.135 e. The van der Waals surface area contributed by atoms with E-state index in [0.717, 1.165) is 6.42 Å². The Hall–Kier alpha value is -1.78.